The number of hydrogen-bond acceptors (Lipinski definition) is 3. The van der Waals surface area contributed by atoms with Crippen molar-refractivity contribution in [2.24, 2.45) is 0 Å². The lowest BCUT2D eigenvalue weighted by atomic mass is 10.0. The Balaban J connectivity index is 2.25. The number of imide groups is 1. The Labute approximate surface area is 134 Å². The van der Waals surface area contributed by atoms with Crippen molar-refractivity contribution >= 4 is 44.4 Å². The molecule has 1 aromatic heterocycles. The highest BCUT2D eigenvalue weighted by molar-refractivity contribution is 6.33. The molecule has 2 N–H and O–H groups in total. The summed E-state index contributed by atoms with van der Waals surface area (Å²) in [5.74, 6) is -0.932. The van der Waals surface area contributed by atoms with Crippen LogP contribution in [0.3, 0.4) is 0 Å². The predicted molar refractivity (Wildman–Crippen MR) is 91.4 cm³/mol. The average molecular weight is 314 g/mol. The zero-order chi connectivity index (χ0) is 16.4. The quantitative estimate of drug-likeness (QED) is 0.490. The predicted octanol–water partition coefficient (Wildman–Crippen LogP) is 2.72. The molecule has 5 heteroatoms. The maximum atomic E-state index is 13.0. The molecule has 0 saturated heterocycles. The number of carbonyl (C=O) groups excluding carboxylic acids is 2. The summed E-state index contributed by atoms with van der Waals surface area (Å²) in [6.45, 7) is 0. The van der Waals surface area contributed by atoms with Gasteiger partial charge >= 0.3 is 0 Å². The van der Waals surface area contributed by atoms with Crippen LogP contribution in [0.25, 0.3) is 32.6 Å². The van der Waals surface area contributed by atoms with Gasteiger partial charge in [0, 0.05) is 21.7 Å². The Hall–Kier alpha value is -3.47. The van der Waals surface area contributed by atoms with Gasteiger partial charge in [-0.25, -0.2) is 0 Å². The number of nitrogens with one attached hydrogen (secondary N) is 2. The maximum Gasteiger partial charge on any atom is 0.259 e. The number of aromatic amines is 1. The molecule has 4 aromatic rings. The van der Waals surface area contributed by atoms with E-state index in [1.54, 1.807) is 24.3 Å². The van der Waals surface area contributed by atoms with Crippen LogP contribution in [-0.4, -0.2) is 16.8 Å². The highest BCUT2D eigenvalue weighted by Gasteiger charge is 2.32. The van der Waals surface area contributed by atoms with Gasteiger partial charge in [0.2, 0.25) is 5.43 Å². The van der Waals surface area contributed by atoms with Crippen molar-refractivity contribution in [3.05, 3.63) is 69.9 Å². The highest BCUT2D eigenvalue weighted by atomic mass is 16.2. The lowest BCUT2D eigenvalue weighted by molar-refractivity contribution is 0.0880. The fraction of sp³-hybridized carbons (Fsp3) is 0. The fourth-order valence-corrected chi connectivity index (χ4v) is 3.56. The first-order valence-electron chi connectivity index (χ1n) is 7.52. The van der Waals surface area contributed by atoms with Crippen LogP contribution in [0.4, 0.5) is 0 Å². The number of para-hydroxylation sites is 1. The van der Waals surface area contributed by atoms with E-state index in [0.29, 0.717) is 21.7 Å². The van der Waals surface area contributed by atoms with E-state index in [2.05, 4.69) is 10.3 Å². The number of rotatable bonds is 0. The third kappa shape index (κ3) is 1.46. The van der Waals surface area contributed by atoms with Gasteiger partial charge in [-0.2, -0.15) is 0 Å². The fourth-order valence-electron chi connectivity index (χ4n) is 3.56. The summed E-state index contributed by atoms with van der Waals surface area (Å²) in [4.78, 5) is 41.0. The van der Waals surface area contributed by atoms with Gasteiger partial charge in [-0.1, -0.05) is 42.5 Å². The topological polar surface area (TPSA) is 79.0 Å². The van der Waals surface area contributed by atoms with Gasteiger partial charge in [-0.3, -0.25) is 19.7 Å². The van der Waals surface area contributed by atoms with Crippen LogP contribution in [0.1, 0.15) is 20.7 Å². The first-order valence-corrected chi connectivity index (χ1v) is 7.52. The van der Waals surface area contributed by atoms with E-state index in [9.17, 15) is 14.4 Å². The maximum absolute atomic E-state index is 13.0. The minimum atomic E-state index is -0.467. The van der Waals surface area contributed by atoms with Gasteiger partial charge in [0.1, 0.15) is 0 Å². The monoisotopic (exact) mass is 314 g/mol. The Morgan fingerprint density at radius 1 is 0.667 bits per heavy atom. The van der Waals surface area contributed by atoms with Gasteiger partial charge in [-0.05, 0) is 11.5 Å². The van der Waals surface area contributed by atoms with Crippen molar-refractivity contribution in [1.82, 2.24) is 10.3 Å². The van der Waals surface area contributed by atoms with Crippen molar-refractivity contribution < 1.29 is 9.59 Å². The van der Waals surface area contributed by atoms with Crippen molar-refractivity contribution in [2.45, 2.75) is 0 Å². The molecule has 5 rings (SSSR count). The molecule has 3 aromatic carbocycles. The van der Waals surface area contributed by atoms with Gasteiger partial charge in [0.15, 0.2) is 0 Å². The number of H-pyrrole nitrogens is 1. The van der Waals surface area contributed by atoms with E-state index >= 15 is 0 Å². The molecule has 0 aliphatic carbocycles. The zero-order valence-electron chi connectivity index (χ0n) is 12.3. The van der Waals surface area contributed by atoms with Gasteiger partial charge in [0.25, 0.3) is 11.8 Å². The van der Waals surface area contributed by atoms with Crippen molar-refractivity contribution in [3.8, 4) is 0 Å². The number of aromatic nitrogens is 1. The molecule has 0 spiro atoms. The molecule has 0 radical (unpaired) electrons. The van der Waals surface area contributed by atoms with Crippen molar-refractivity contribution in [2.75, 3.05) is 0 Å². The lowest BCUT2D eigenvalue weighted by Gasteiger charge is -1.96. The molecule has 0 saturated carbocycles. The van der Waals surface area contributed by atoms with Gasteiger partial charge < -0.3 is 4.98 Å². The first-order chi connectivity index (χ1) is 11.7. The lowest BCUT2D eigenvalue weighted by Crippen LogP contribution is -2.20. The summed E-state index contributed by atoms with van der Waals surface area (Å²) in [7, 11) is 0. The molecule has 2 amide bonds. The van der Waals surface area contributed by atoms with Crippen LogP contribution in [0.2, 0.25) is 0 Å². The summed E-state index contributed by atoms with van der Waals surface area (Å²) >= 11 is 0. The second-order valence-electron chi connectivity index (χ2n) is 5.83. The summed E-state index contributed by atoms with van der Waals surface area (Å²) in [6, 6.07) is 14.3. The number of amides is 2. The second-order valence-corrected chi connectivity index (χ2v) is 5.83. The Morgan fingerprint density at radius 2 is 1.29 bits per heavy atom. The summed E-state index contributed by atoms with van der Waals surface area (Å²) < 4.78 is 0. The number of carbonyl (C=O) groups is 2. The Bertz CT molecular complexity index is 1280. The Morgan fingerprint density at radius 3 is 2.08 bits per heavy atom. The van der Waals surface area contributed by atoms with Crippen LogP contribution >= 0.6 is 0 Å². The molecular weight excluding hydrogens is 304 g/mol. The van der Waals surface area contributed by atoms with Crippen molar-refractivity contribution in [1.29, 1.82) is 0 Å². The van der Waals surface area contributed by atoms with Crippen LogP contribution in [-0.2, 0) is 0 Å². The highest BCUT2D eigenvalue weighted by Crippen LogP contribution is 2.33. The molecule has 1 aliphatic heterocycles. The molecule has 24 heavy (non-hydrogen) atoms. The summed E-state index contributed by atoms with van der Waals surface area (Å²) in [6.07, 6.45) is 0. The van der Waals surface area contributed by atoms with E-state index in [1.165, 1.54) is 0 Å². The molecule has 1 aliphatic rings. The van der Waals surface area contributed by atoms with Gasteiger partial charge in [0.05, 0.1) is 16.6 Å². The average Bonchev–Trinajstić information content (AvgIpc) is 3.07. The normalized spacial score (nSPS) is 13.7. The Kier molecular flexibility index (Phi) is 2.33. The standard InChI is InChI=1S/C19H10N2O3/c22-17-10-6-2-1-5-9(10)14-15(19(24)21-18(14)23)13-11-7-3-4-8-12(11)20-16(13)17/h1-8,20H,(H,21,23,24). The molecule has 114 valence electrons. The first kappa shape index (κ1) is 13.0. The minimum Gasteiger partial charge on any atom is -0.351 e. The van der Waals surface area contributed by atoms with E-state index in [-0.39, 0.29) is 16.6 Å². The second kappa shape index (κ2) is 4.29. The van der Waals surface area contributed by atoms with E-state index in [4.69, 9.17) is 0 Å². The summed E-state index contributed by atoms with van der Waals surface area (Å²) in [5, 5.41) is 4.53. The molecule has 5 nitrogen and oxygen atoms in total. The number of benzene rings is 2. The minimum absolute atomic E-state index is 0.216. The van der Waals surface area contributed by atoms with Gasteiger partial charge in [-0.15, -0.1) is 0 Å². The van der Waals surface area contributed by atoms with E-state index in [0.717, 1.165) is 10.9 Å². The molecule has 0 unspecified atom stereocenters. The zero-order valence-corrected chi connectivity index (χ0v) is 12.3. The molecule has 0 atom stereocenters. The van der Waals surface area contributed by atoms with Crippen LogP contribution in [0.15, 0.2) is 53.3 Å². The van der Waals surface area contributed by atoms with Crippen molar-refractivity contribution in [3.63, 3.8) is 0 Å². The summed E-state index contributed by atoms with van der Waals surface area (Å²) in [5.41, 5.74) is 1.43. The smallest absolute Gasteiger partial charge is 0.259 e. The van der Waals surface area contributed by atoms with Crippen LogP contribution < -0.4 is 10.7 Å². The molecular formula is C19H10N2O3. The van der Waals surface area contributed by atoms with E-state index in [1.807, 2.05) is 24.3 Å². The van der Waals surface area contributed by atoms with E-state index < -0.39 is 11.8 Å². The molecule has 0 fully saturated rings. The number of hydrogen-bond donors (Lipinski definition) is 2. The molecule has 0 bridgehead atoms. The third-order valence-electron chi connectivity index (χ3n) is 4.56. The molecule has 2 heterocycles. The largest absolute Gasteiger partial charge is 0.351 e. The third-order valence-corrected chi connectivity index (χ3v) is 4.56. The SMILES string of the molecule is O=C1NC(=O)c2c1c1ccccc1c(=O)c1[nH]c3ccccc3c21. The van der Waals surface area contributed by atoms with Crippen LogP contribution in [0, 0.1) is 0 Å². The number of fused-ring (bicyclic) bond motifs is 7. The van der Waals surface area contributed by atoms with Crippen LogP contribution in [0.5, 0.6) is 0 Å².